The Hall–Kier alpha value is -2.40. The normalized spacial score (nSPS) is 15.5. The number of halogens is 2. The first-order valence-electron chi connectivity index (χ1n) is 9.02. The summed E-state index contributed by atoms with van der Waals surface area (Å²) in [4.78, 5) is 28.8. The Balaban J connectivity index is 1.54. The van der Waals surface area contributed by atoms with Crippen LogP contribution in [0.3, 0.4) is 0 Å². The average molecular weight is 389 g/mol. The van der Waals surface area contributed by atoms with E-state index in [0.717, 1.165) is 5.56 Å². The van der Waals surface area contributed by atoms with E-state index < -0.39 is 0 Å². The minimum absolute atomic E-state index is 0.0397. The molecule has 2 amide bonds. The lowest BCUT2D eigenvalue weighted by Crippen LogP contribution is -2.51. The second-order valence-electron chi connectivity index (χ2n) is 6.86. The zero-order chi connectivity index (χ0) is 19.4. The second kappa shape index (κ2) is 8.53. The van der Waals surface area contributed by atoms with Crippen LogP contribution in [0.5, 0.6) is 0 Å². The lowest BCUT2D eigenvalue weighted by Gasteiger charge is -2.36. The molecule has 1 unspecified atom stereocenters. The zero-order valence-electron chi connectivity index (χ0n) is 15.2. The zero-order valence-corrected chi connectivity index (χ0v) is 16.0. The molecule has 1 atom stereocenters. The van der Waals surface area contributed by atoms with Gasteiger partial charge in [-0.2, -0.15) is 0 Å². The van der Waals surface area contributed by atoms with Crippen molar-refractivity contribution in [2.45, 2.75) is 13.3 Å². The molecule has 0 bridgehead atoms. The molecule has 0 spiro atoms. The van der Waals surface area contributed by atoms with Crippen molar-refractivity contribution in [3.05, 3.63) is 70.5 Å². The molecule has 6 heteroatoms. The van der Waals surface area contributed by atoms with Crippen molar-refractivity contribution in [3.63, 3.8) is 0 Å². The van der Waals surface area contributed by atoms with E-state index in [1.54, 1.807) is 40.1 Å². The van der Waals surface area contributed by atoms with Crippen molar-refractivity contribution >= 4 is 23.4 Å². The molecule has 3 rings (SSSR count). The molecular weight excluding hydrogens is 367 g/mol. The van der Waals surface area contributed by atoms with Crippen LogP contribution in [0.15, 0.2) is 48.5 Å². The van der Waals surface area contributed by atoms with Crippen molar-refractivity contribution < 1.29 is 14.0 Å². The van der Waals surface area contributed by atoms with Gasteiger partial charge in [0.2, 0.25) is 5.91 Å². The quantitative estimate of drug-likeness (QED) is 0.802. The molecule has 1 saturated heterocycles. The van der Waals surface area contributed by atoms with Crippen LogP contribution in [0.2, 0.25) is 5.02 Å². The highest BCUT2D eigenvalue weighted by Crippen LogP contribution is 2.16. The number of benzene rings is 2. The van der Waals surface area contributed by atoms with Crippen molar-refractivity contribution in [3.8, 4) is 0 Å². The van der Waals surface area contributed by atoms with Crippen LogP contribution in [0.4, 0.5) is 4.39 Å². The van der Waals surface area contributed by atoms with Gasteiger partial charge in [-0.3, -0.25) is 9.59 Å². The molecule has 0 aliphatic carbocycles. The summed E-state index contributed by atoms with van der Waals surface area (Å²) < 4.78 is 13.3. The first kappa shape index (κ1) is 19.4. The number of carbonyl (C=O) groups is 2. The molecule has 1 aliphatic heterocycles. The highest BCUT2D eigenvalue weighted by Gasteiger charge is 2.27. The summed E-state index contributed by atoms with van der Waals surface area (Å²) >= 11 is 5.86. The molecule has 1 fully saturated rings. The summed E-state index contributed by atoms with van der Waals surface area (Å²) in [5, 5.41) is 0.592. The summed E-state index contributed by atoms with van der Waals surface area (Å²) in [5.41, 5.74) is 1.41. The standard InChI is InChI=1S/C21H22ClFN2O2/c1-15(13-16-3-2-4-19(23)14-16)20(26)24-9-11-25(12-10-24)21(27)17-5-7-18(22)8-6-17/h2-8,14-15H,9-13H2,1H3. The summed E-state index contributed by atoms with van der Waals surface area (Å²) in [5.74, 6) is -0.531. The lowest BCUT2D eigenvalue weighted by molar-refractivity contribution is -0.136. The van der Waals surface area contributed by atoms with Crippen molar-refractivity contribution in [1.29, 1.82) is 0 Å². The molecule has 0 saturated carbocycles. The van der Waals surface area contributed by atoms with Crippen LogP contribution in [0.1, 0.15) is 22.8 Å². The topological polar surface area (TPSA) is 40.6 Å². The van der Waals surface area contributed by atoms with Crippen LogP contribution in [-0.2, 0) is 11.2 Å². The van der Waals surface area contributed by atoms with Crippen LogP contribution in [0.25, 0.3) is 0 Å². The molecule has 0 N–H and O–H groups in total. The molecule has 27 heavy (non-hydrogen) atoms. The van der Waals surface area contributed by atoms with Crippen molar-refractivity contribution in [2.24, 2.45) is 5.92 Å². The number of amides is 2. The van der Waals surface area contributed by atoms with Crippen LogP contribution < -0.4 is 0 Å². The molecular formula is C21H22ClFN2O2. The van der Waals surface area contributed by atoms with E-state index >= 15 is 0 Å². The van der Waals surface area contributed by atoms with Gasteiger partial charge in [0.25, 0.3) is 5.91 Å². The van der Waals surface area contributed by atoms with Gasteiger partial charge in [0, 0.05) is 42.7 Å². The second-order valence-corrected chi connectivity index (χ2v) is 7.30. The van der Waals surface area contributed by atoms with E-state index in [0.29, 0.717) is 43.2 Å². The first-order valence-corrected chi connectivity index (χ1v) is 9.40. The number of carbonyl (C=O) groups excluding carboxylic acids is 2. The Morgan fingerprint density at radius 3 is 2.30 bits per heavy atom. The number of hydrogen-bond donors (Lipinski definition) is 0. The predicted molar refractivity (Wildman–Crippen MR) is 103 cm³/mol. The third kappa shape index (κ3) is 4.86. The molecule has 142 valence electrons. The van der Waals surface area contributed by atoms with E-state index in [1.807, 2.05) is 13.0 Å². The summed E-state index contributed by atoms with van der Waals surface area (Å²) in [6, 6.07) is 13.2. The van der Waals surface area contributed by atoms with Gasteiger partial charge in [0.05, 0.1) is 0 Å². The molecule has 2 aromatic rings. The maximum absolute atomic E-state index is 13.3. The van der Waals surface area contributed by atoms with Gasteiger partial charge in [-0.15, -0.1) is 0 Å². The van der Waals surface area contributed by atoms with E-state index in [2.05, 4.69) is 0 Å². The minimum atomic E-state index is -0.290. The Morgan fingerprint density at radius 1 is 1.04 bits per heavy atom. The Kier molecular flexibility index (Phi) is 6.11. The maximum atomic E-state index is 13.3. The summed E-state index contributed by atoms with van der Waals surface area (Å²) in [7, 11) is 0. The first-order chi connectivity index (χ1) is 12.9. The van der Waals surface area contributed by atoms with E-state index in [1.165, 1.54) is 12.1 Å². The van der Waals surface area contributed by atoms with Crippen LogP contribution in [0, 0.1) is 11.7 Å². The molecule has 4 nitrogen and oxygen atoms in total. The maximum Gasteiger partial charge on any atom is 0.253 e. The van der Waals surface area contributed by atoms with Gasteiger partial charge in [-0.1, -0.05) is 30.7 Å². The van der Waals surface area contributed by atoms with E-state index in [-0.39, 0.29) is 23.5 Å². The molecule has 2 aromatic carbocycles. The lowest BCUT2D eigenvalue weighted by atomic mass is 9.99. The van der Waals surface area contributed by atoms with Crippen LogP contribution >= 0.6 is 11.6 Å². The van der Waals surface area contributed by atoms with E-state index in [9.17, 15) is 14.0 Å². The number of hydrogen-bond acceptors (Lipinski definition) is 2. The molecule has 1 heterocycles. The van der Waals surface area contributed by atoms with Crippen LogP contribution in [-0.4, -0.2) is 47.8 Å². The number of rotatable bonds is 4. The largest absolute Gasteiger partial charge is 0.339 e. The van der Waals surface area contributed by atoms with E-state index in [4.69, 9.17) is 11.6 Å². The Morgan fingerprint density at radius 2 is 1.67 bits per heavy atom. The Labute approximate surface area is 163 Å². The van der Waals surface area contributed by atoms with Gasteiger partial charge < -0.3 is 9.80 Å². The fraction of sp³-hybridized carbons (Fsp3) is 0.333. The SMILES string of the molecule is CC(Cc1cccc(F)c1)C(=O)N1CCN(C(=O)c2ccc(Cl)cc2)CC1. The predicted octanol–water partition coefficient (Wildman–Crippen LogP) is 3.64. The van der Waals surface area contributed by atoms with Gasteiger partial charge in [-0.25, -0.2) is 4.39 Å². The average Bonchev–Trinajstić information content (AvgIpc) is 2.67. The van der Waals surface area contributed by atoms with Gasteiger partial charge in [0.15, 0.2) is 0 Å². The summed E-state index contributed by atoms with van der Waals surface area (Å²) in [6.45, 7) is 3.87. The highest BCUT2D eigenvalue weighted by atomic mass is 35.5. The third-order valence-corrected chi connectivity index (χ3v) is 5.07. The summed E-state index contributed by atoms with van der Waals surface area (Å²) in [6.07, 6.45) is 0.501. The monoisotopic (exact) mass is 388 g/mol. The fourth-order valence-electron chi connectivity index (χ4n) is 3.32. The van der Waals surface area contributed by atoms with Crippen molar-refractivity contribution in [1.82, 2.24) is 9.80 Å². The highest BCUT2D eigenvalue weighted by molar-refractivity contribution is 6.30. The smallest absolute Gasteiger partial charge is 0.253 e. The third-order valence-electron chi connectivity index (χ3n) is 4.82. The molecule has 0 radical (unpaired) electrons. The fourth-order valence-corrected chi connectivity index (χ4v) is 3.45. The Bertz CT molecular complexity index is 817. The number of piperazine rings is 1. The van der Waals surface area contributed by atoms with Gasteiger partial charge >= 0.3 is 0 Å². The van der Waals surface area contributed by atoms with Gasteiger partial charge in [-0.05, 0) is 48.4 Å². The number of nitrogens with zero attached hydrogens (tertiary/aromatic N) is 2. The molecule has 1 aliphatic rings. The minimum Gasteiger partial charge on any atom is -0.339 e. The molecule has 0 aromatic heterocycles. The van der Waals surface area contributed by atoms with Gasteiger partial charge in [0.1, 0.15) is 5.82 Å². The van der Waals surface area contributed by atoms with Crippen molar-refractivity contribution in [2.75, 3.05) is 26.2 Å².